The normalized spacial score (nSPS) is 14.1. The summed E-state index contributed by atoms with van der Waals surface area (Å²) in [6, 6.07) is 12.7. The molecule has 1 fully saturated rings. The lowest BCUT2D eigenvalue weighted by atomic mass is 10.2. The summed E-state index contributed by atoms with van der Waals surface area (Å²) in [4.78, 5) is 13.5. The van der Waals surface area contributed by atoms with Gasteiger partial charge in [0, 0.05) is 23.2 Å². The molecule has 0 saturated heterocycles. The van der Waals surface area contributed by atoms with Gasteiger partial charge in [0.05, 0.1) is 5.69 Å². The Labute approximate surface area is 126 Å². The zero-order valence-electron chi connectivity index (χ0n) is 11.4. The Hall–Kier alpha value is -2.27. The summed E-state index contributed by atoms with van der Waals surface area (Å²) in [5, 5.41) is 6.38. The molecule has 1 aromatic carbocycles. The van der Waals surface area contributed by atoms with Crippen LogP contribution >= 0.6 is 11.3 Å². The van der Waals surface area contributed by atoms with Crippen molar-refractivity contribution >= 4 is 17.3 Å². The fraction of sp³-hybridized carbons (Fsp3) is 0.188. The van der Waals surface area contributed by atoms with Crippen LogP contribution in [0, 0.1) is 0 Å². The van der Waals surface area contributed by atoms with Crippen LogP contribution in [0.25, 0.3) is 22.0 Å². The van der Waals surface area contributed by atoms with Gasteiger partial charge in [0.1, 0.15) is 10.7 Å². The molecule has 0 amide bonds. The Balaban J connectivity index is 1.63. The van der Waals surface area contributed by atoms with E-state index in [4.69, 9.17) is 0 Å². The molecule has 1 aliphatic carbocycles. The second-order valence-corrected chi connectivity index (χ2v) is 5.95. The Bertz CT molecular complexity index is 750. The van der Waals surface area contributed by atoms with Crippen LogP contribution in [-0.2, 0) is 0 Å². The molecule has 0 unspecified atom stereocenters. The molecule has 1 aliphatic rings. The minimum absolute atomic E-state index is 0.551. The van der Waals surface area contributed by atoms with E-state index in [0.29, 0.717) is 12.0 Å². The topological polar surface area (TPSA) is 50.7 Å². The summed E-state index contributed by atoms with van der Waals surface area (Å²) in [5.41, 5.74) is 2.91. The van der Waals surface area contributed by atoms with Crippen LogP contribution in [0.2, 0.25) is 0 Å². The van der Waals surface area contributed by atoms with Gasteiger partial charge in [0.15, 0.2) is 0 Å². The van der Waals surface area contributed by atoms with E-state index >= 15 is 0 Å². The van der Waals surface area contributed by atoms with Crippen LogP contribution in [0.15, 0.2) is 48.0 Å². The maximum absolute atomic E-state index is 4.69. The lowest BCUT2D eigenvalue weighted by Gasteiger charge is -2.03. The van der Waals surface area contributed by atoms with Gasteiger partial charge in [-0.15, -0.1) is 11.3 Å². The Morgan fingerprint density at radius 3 is 2.67 bits per heavy atom. The van der Waals surface area contributed by atoms with Crippen molar-refractivity contribution in [3.8, 4) is 22.0 Å². The Morgan fingerprint density at radius 1 is 1.00 bits per heavy atom. The van der Waals surface area contributed by atoms with Crippen molar-refractivity contribution in [2.45, 2.75) is 18.9 Å². The molecule has 0 atom stereocenters. The largest absolute Gasteiger partial charge is 0.351 e. The highest BCUT2D eigenvalue weighted by Crippen LogP contribution is 2.28. The predicted molar refractivity (Wildman–Crippen MR) is 85.2 cm³/mol. The predicted octanol–water partition coefficient (Wildman–Crippen LogP) is 3.84. The second kappa shape index (κ2) is 5.26. The SMILES string of the molecule is c1ccc(-c2nc(-c3ccnc(NC4CC4)n3)cs2)cc1. The second-order valence-electron chi connectivity index (χ2n) is 5.09. The van der Waals surface area contributed by atoms with E-state index in [1.807, 2.05) is 29.6 Å². The summed E-state index contributed by atoms with van der Waals surface area (Å²) in [5.74, 6) is 0.698. The molecule has 2 aromatic heterocycles. The van der Waals surface area contributed by atoms with Gasteiger partial charge in [-0.2, -0.15) is 0 Å². The highest BCUT2D eigenvalue weighted by Gasteiger charge is 2.22. The van der Waals surface area contributed by atoms with Crippen LogP contribution in [0.4, 0.5) is 5.95 Å². The first-order valence-electron chi connectivity index (χ1n) is 6.99. The molecule has 0 aliphatic heterocycles. The zero-order valence-corrected chi connectivity index (χ0v) is 12.2. The number of hydrogen-bond donors (Lipinski definition) is 1. The third kappa shape index (κ3) is 2.78. The molecular weight excluding hydrogens is 280 g/mol. The van der Waals surface area contributed by atoms with E-state index in [1.54, 1.807) is 17.5 Å². The fourth-order valence-corrected chi connectivity index (χ4v) is 2.91. The number of anilines is 1. The number of aromatic nitrogens is 3. The van der Waals surface area contributed by atoms with Crippen LogP contribution in [0.5, 0.6) is 0 Å². The molecule has 0 spiro atoms. The lowest BCUT2D eigenvalue weighted by molar-refractivity contribution is 1.05. The summed E-state index contributed by atoms with van der Waals surface area (Å²) in [6.45, 7) is 0. The monoisotopic (exact) mass is 294 g/mol. The number of benzene rings is 1. The molecular formula is C16H14N4S. The van der Waals surface area contributed by atoms with Crippen LogP contribution < -0.4 is 5.32 Å². The maximum Gasteiger partial charge on any atom is 0.223 e. The minimum atomic E-state index is 0.551. The summed E-state index contributed by atoms with van der Waals surface area (Å²) in [6.07, 6.45) is 4.21. The average molecular weight is 294 g/mol. The molecule has 4 rings (SSSR count). The number of thiazole rings is 1. The molecule has 5 heteroatoms. The number of rotatable bonds is 4. The number of hydrogen-bond acceptors (Lipinski definition) is 5. The van der Waals surface area contributed by atoms with Gasteiger partial charge < -0.3 is 5.32 Å². The van der Waals surface area contributed by atoms with Crippen LogP contribution in [0.3, 0.4) is 0 Å². The Kier molecular flexibility index (Phi) is 3.12. The van der Waals surface area contributed by atoms with Gasteiger partial charge in [-0.1, -0.05) is 30.3 Å². The van der Waals surface area contributed by atoms with E-state index in [-0.39, 0.29) is 0 Å². The molecule has 1 saturated carbocycles. The van der Waals surface area contributed by atoms with Crippen LogP contribution in [0.1, 0.15) is 12.8 Å². The summed E-state index contributed by atoms with van der Waals surface area (Å²) >= 11 is 1.64. The molecule has 1 N–H and O–H groups in total. The van der Waals surface area contributed by atoms with Crippen molar-refractivity contribution < 1.29 is 0 Å². The molecule has 2 heterocycles. The van der Waals surface area contributed by atoms with E-state index < -0.39 is 0 Å². The summed E-state index contributed by atoms with van der Waals surface area (Å²) < 4.78 is 0. The van der Waals surface area contributed by atoms with Crippen molar-refractivity contribution in [1.82, 2.24) is 15.0 Å². The van der Waals surface area contributed by atoms with Gasteiger partial charge in [-0.25, -0.2) is 15.0 Å². The maximum atomic E-state index is 4.69. The zero-order chi connectivity index (χ0) is 14.1. The third-order valence-corrected chi connectivity index (χ3v) is 4.24. The standard InChI is InChI=1S/C16H14N4S/c1-2-4-11(5-3-1)15-19-14(10-21-15)13-8-9-17-16(20-13)18-12-6-7-12/h1-5,8-10,12H,6-7H2,(H,17,18,20). The van der Waals surface area contributed by atoms with Gasteiger partial charge in [0.25, 0.3) is 0 Å². The van der Waals surface area contributed by atoms with E-state index in [9.17, 15) is 0 Å². The van der Waals surface area contributed by atoms with Crippen molar-refractivity contribution in [1.29, 1.82) is 0 Å². The molecule has 21 heavy (non-hydrogen) atoms. The Morgan fingerprint density at radius 2 is 1.86 bits per heavy atom. The van der Waals surface area contributed by atoms with Crippen molar-refractivity contribution in [3.05, 3.63) is 48.0 Å². The smallest absolute Gasteiger partial charge is 0.223 e. The van der Waals surface area contributed by atoms with Crippen molar-refractivity contribution in [2.24, 2.45) is 0 Å². The highest BCUT2D eigenvalue weighted by molar-refractivity contribution is 7.13. The first-order valence-corrected chi connectivity index (χ1v) is 7.87. The molecule has 0 bridgehead atoms. The quantitative estimate of drug-likeness (QED) is 0.794. The highest BCUT2D eigenvalue weighted by atomic mass is 32.1. The first kappa shape index (κ1) is 12.5. The van der Waals surface area contributed by atoms with Gasteiger partial charge in [0.2, 0.25) is 5.95 Å². The third-order valence-electron chi connectivity index (χ3n) is 3.35. The van der Waals surface area contributed by atoms with Gasteiger partial charge in [-0.05, 0) is 18.9 Å². The lowest BCUT2D eigenvalue weighted by Crippen LogP contribution is -2.05. The van der Waals surface area contributed by atoms with Crippen LogP contribution in [-0.4, -0.2) is 21.0 Å². The molecule has 0 radical (unpaired) electrons. The van der Waals surface area contributed by atoms with Crippen molar-refractivity contribution in [3.63, 3.8) is 0 Å². The summed E-state index contributed by atoms with van der Waals surface area (Å²) in [7, 11) is 0. The van der Waals surface area contributed by atoms with E-state index in [2.05, 4.69) is 32.4 Å². The molecule has 4 nitrogen and oxygen atoms in total. The van der Waals surface area contributed by atoms with Gasteiger partial charge >= 0.3 is 0 Å². The number of nitrogens with one attached hydrogen (secondary N) is 1. The minimum Gasteiger partial charge on any atom is -0.351 e. The molecule has 104 valence electrons. The van der Waals surface area contributed by atoms with Crippen molar-refractivity contribution in [2.75, 3.05) is 5.32 Å². The van der Waals surface area contributed by atoms with Gasteiger partial charge in [-0.3, -0.25) is 0 Å². The first-order chi connectivity index (χ1) is 10.4. The van der Waals surface area contributed by atoms with E-state index in [0.717, 1.165) is 22.0 Å². The molecule has 3 aromatic rings. The number of nitrogens with zero attached hydrogens (tertiary/aromatic N) is 3. The fourth-order valence-electron chi connectivity index (χ4n) is 2.09. The average Bonchev–Trinajstić information content (AvgIpc) is 3.20. The van der Waals surface area contributed by atoms with E-state index in [1.165, 1.54) is 12.8 Å².